The Bertz CT molecular complexity index is 862. The smallest absolute Gasteiger partial charge is 0.185 e. The van der Waals surface area contributed by atoms with Gasteiger partial charge in [0.2, 0.25) is 0 Å². The number of allylic oxidation sites excluding steroid dienone is 1. The van der Waals surface area contributed by atoms with E-state index in [2.05, 4.69) is 10.2 Å². The lowest BCUT2D eigenvalue weighted by Gasteiger charge is -2.29. The fourth-order valence-corrected chi connectivity index (χ4v) is 2.99. The molecule has 0 unspecified atom stereocenters. The fourth-order valence-electron chi connectivity index (χ4n) is 2.99. The molecule has 5 heteroatoms. The molecule has 1 aliphatic rings. The van der Waals surface area contributed by atoms with Crippen molar-refractivity contribution < 1.29 is 14.7 Å². The van der Waals surface area contributed by atoms with Crippen LogP contribution < -0.4 is 10.2 Å². The summed E-state index contributed by atoms with van der Waals surface area (Å²) in [6.07, 6.45) is 6.34. The van der Waals surface area contributed by atoms with Crippen LogP contribution in [0.2, 0.25) is 0 Å². The molecule has 28 heavy (non-hydrogen) atoms. The van der Waals surface area contributed by atoms with Gasteiger partial charge in [-0.1, -0.05) is 36.4 Å². The van der Waals surface area contributed by atoms with Gasteiger partial charge < -0.3 is 15.3 Å². The number of rotatable bonds is 7. The molecule has 0 spiro atoms. The molecule has 0 radical (unpaired) electrons. The van der Waals surface area contributed by atoms with E-state index in [9.17, 15) is 9.59 Å². The number of carbonyl (C=O) groups excluding carboxylic acids is 2. The van der Waals surface area contributed by atoms with Crippen LogP contribution in [0, 0.1) is 0 Å². The van der Waals surface area contributed by atoms with Crippen molar-refractivity contribution in [3.05, 3.63) is 77.4 Å². The molecule has 1 aliphatic heterocycles. The van der Waals surface area contributed by atoms with E-state index in [4.69, 9.17) is 5.11 Å². The summed E-state index contributed by atoms with van der Waals surface area (Å²) in [6.45, 7) is 3.43. The molecule has 1 heterocycles. The van der Waals surface area contributed by atoms with Crippen molar-refractivity contribution in [2.45, 2.75) is 0 Å². The third kappa shape index (κ3) is 5.49. The number of aliphatic hydroxyl groups is 1. The normalized spacial score (nSPS) is 14.7. The maximum Gasteiger partial charge on any atom is 0.185 e. The van der Waals surface area contributed by atoms with Gasteiger partial charge in [0.1, 0.15) is 6.61 Å². The van der Waals surface area contributed by atoms with Crippen LogP contribution in [-0.4, -0.2) is 49.5 Å². The summed E-state index contributed by atoms with van der Waals surface area (Å²) in [5.41, 5.74) is 3.56. The van der Waals surface area contributed by atoms with E-state index in [1.807, 2.05) is 48.5 Å². The van der Waals surface area contributed by atoms with E-state index >= 15 is 0 Å². The van der Waals surface area contributed by atoms with Crippen LogP contribution in [0.4, 0.5) is 5.69 Å². The molecule has 5 nitrogen and oxygen atoms in total. The standard InChI is InChI=1S/C23H24N2O3/c26-17-22(27)11-5-18-1-3-19(4-2-18)6-12-23(28)20-7-9-21(10-8-20)25-15-13-24-14-16-25/h1-12,24,26H,13-17H2/b11-5+,12-6+. The monoisotopic (exact) mass is 376 g/mol. The molecule has 144 valence electrons. The lowest BCUT2D eigenvalue weighted by Crippen LogP contribution is -2.43. The molecule has 1 fully saturated rings. The van der Waals surface area contributed by atoms with Gasteiger partial charge in [0.05, 0.1) is 0 Å². The number of piperazine rings is 1. The predicted molar refractivity (Wildman–Crippen MR) is 112 cm³/mol. The van der Waals surface area contributed by atoms with Gasteiger partial charge in [0.15, 0.2) is 11.6 Å². The van der Waals surface area contributed by atoms with E-state index in [1.54, 1.807) is 18.2 Å². The van der Waals surface area contributed by atoms with Crippen LogP contribution in [0.15, 0.2) is 60.7 Å². The van der Waals surface area contributed by atoms with Gasteiger partial charge in [-0.25, -0.2) is 0 Å². The van der Waals surface area contributed by atoms with Crippen molar-refractivity contribution in [3.63, 3.8) is 0 Å². The van der Waals surface area contributed by atoms with Gasteiger partial charge in [-0.05, 0) is 47.5 Å². The summed E-state index contributed by atoms with van der Waals surface area (Å²) in [4.78, 5) is 25.8. The highest BCUT2D eigenvalue weighted by molar-refractivity contribution is 6.07. The molecule has 0 saturated carbocycles. The minimum atomic E-state index is -0.490. The van der Waals surface area contributed by atoms with Gasteiger partial charge in [0.25, 0.3) is 0 Å². The van der Waals surface area contributed by atoms with E-state index < -0.39 is 6.61 Å². The first-order valence-electron chi connectivity index (χ1n) is 9.36. The lowest BCUT2D eigenvalue weighted by atomic mass is 10.1. The molecule has 1 saturated heterocycles. The largest absolute Gasteiger partial charge is 0.388 e. The third-order valence-electron chi connectivity index (χ3n) is 4.62. The highest BCUT2D eigenvalue weighted by Gasteiger charge is 2.10. The van der Waals surface area contributed by atoms with Gasteiger partial charge >= 0.3 is 0 Å². The van der Waals surface area contributed by atoms with Gasteiger partial charge in [-0.2, -0.15) is 0 Å². The Hall–Kier alpha value is -3.02. The molecule has 0 aliphatic carbocycles. The summed E-state index contributed by atoms with van der Waals surface area (Å²) in [7, 11) is 0. The Morgan fingerprint density at radius 1 is 0.893 bits per heavy atom. The number of nitrogens with zero attached hydrogens (tertiary/aromatic N) is 1. The van der Waals surface area contributed by atoms with Crippen LogP contribution in [-0.2, 0) is 4.79 Å². The maximum absolute atomic E-state index is 12.4. The van der Waals surface area contributed by atoms with Crippen LogP contribution >= 0.6 is 0 Å². The quantitative estimate of drug-likeness (QED) is 0.574. The number of carbonyl (C=O) groups is 2. The van der Waals surface area contributed by atoms with E-state index in [0.29, 0.717) is 5.56 Å². The Morgan fingerprint density at radius 3 is 2.04 bits per heavy atom. The zero-order chi connectivity index (χ0) is 19.8. The molecule has 0 aromatic heterocycles. The second-order valence-corrected chi connectivity index (χ2v) is 6.61. The summed E-state index contributed by atoms with van der Waals surface area (Å²) in [5.74, 6) is -0.373. The van der Waals surface area contributed by atoms with E-state index in [1.165, 1.54) is 6.08 Å². The number of ketones is 2. The number of anilines is 1. The molecule has 2 aromatic carbocycles. The maximum atomic E-state index is 12.4. The van der Waals surface area contributed by atoms with Gasteiger partial charge in [0, 0.05) is 37.4 Å². The van der Waals surface area contributed by atoms with Gasteiger partial charge in [-0.3, -0.25) is 9.59 Å². The first-order valence-corrected chi connectivity index (χ1v) is 9.36. The summed E-state index contributed by atoms with van der Waals surface area (Å²) >= 11 is 0. The van der Waals surface area contributed by atoms with Crippen molar-refractivity contribution in [2.75, 3.05) is 37.7 Å². The van der Waals surface area contributed by atoms with Crippen molar-refractivity contribution in [1.29, 1.82) is 0 Å². The van der Waals surface area contributed by atoms with Crippen molar-refractivity contribution >= 4 is 29.4 Å². The third-order valence-corrected chi connectivity index (χ3v) is 4.62. The molecule has 0 bridgehead atoms. The Balaban J connectivity index is 1.60. The van der Waals surface area contributed by atoms with Crippen LogP contribution in [0.1, 0.15) is 21.5 Å². The first kappa shape index (κ1) is 19.7. The molecule has 2 aromatic rings. The summed E-state index contributed by atoms with van der Waals surface area (Å²) < 4.78 is 0. The second kappa shape index (κ2) is 9.78. The average molecular weight is 376 g/mol. The van der Waals surface area contributed by atoms with Crippen molar-refractivity contribution in [1.82, 2.24) is 5.32 Å². The number of hydrogen-bond donors (Lipinski definition) is 2. The Labute approximate surface area is 165 Å². The van der Waals surface area contributed by atoms with Gasteiger partial charge in [-0.15, -0.1) is 0 Å². The zero-order valence-corrected chi connectivity index (χ0v) is 15.7. The summed E-state index contributed by atoms with van der Waals surface area (Å²) in [5, 5.41) is 12.0. The average Bonchev–Trinajstić information content (AvgIpc) is 2.77. The van der Waals surface area contributed by atoms with E-state index in [-0.39, 0.29) is 11.6 Å². The number of nitrogens with one attached hydrogen (secondary N) is 1. The highest BCUT2D eigenvalue weighted by Crippen LogP contribution is 2.17. The Kier molecular flexibility index (Phi) is 6.89. The van der Waals surface area contributed by atoms with Crippen LogP contribution in [0.5, 0.6) is 0 Å². The van der Waals surface area contributed by atoms with Crippen LogP contribution in [0.3, 0.4) is 0 Å². The molecule has 0 amide bonds. The molecular weight excluding hydrogens is 352 g/mol. The SMILES string of the molecule is O=C(/C=C/c1ccc(/C=C/C(=O)c2ccc(N3CCNCC3)cc2)cc1)CO. The second-order valence-electron chi connectivity index (χ2n) is 6.61. The summed E-state index contributed by atoms with van der Waals surface area (Å²) in [6, 6.07) is 15.2. The molecule has 0 atom stereocenters. The lowest BCUT2D eigenvalue weighted by molar-refractivity contribution is -0.117. The van der Waals surface area contributed by atoms with E-state index in [0.717, 1.165) is 43.0 Å². The highest BCUT2D eigenvalue weighted by atomic mass is 16.3. The number of benzene rings is 2. The molecular formula is C23H24N2O3. The molecule has 3 rings (SSSR count). The Morgan fingerprint density at radius 2 is 1.46 bits per heavy atom. The minimum absolute atomic E-state index is 0.0376. The van der Waals surface area contributed by atoms with Crippen LogP contribution in [0.25, 0.3) is 12.2 Å². The van der Waals surface area contributed by atoms with Crippen molar-refractivity contribution in [3.8, 4) is 0 Å². The first-order chi connectivity index (χ1) is 13.7. The zero-order valence-electron chi connectivity index (χ0n) is 15.7. The molecule has 2 N–H and O–H groups in total. The predicted octanol–water partition coefficient (Wildman–Crippen LogP) is 2.57. The fraction of sp³-hybridized carbons (Fsp3) is 0.217. The number of hydrogen-bond acceptors (Lipinski definition) is 5. The van der Waals surface area contributed by atoms with Crippen molar-refractivity contribution in [2.24, 2.45) is 0 Å². The minimum Gasteiger partial charge on any atom is -0.388 e. The number of aliphatic hydroxyl groups excluding tert-OH is 1. The topological polar surface area (TPSA) is 69.6 Å².